The van der Waals surface area contributed by atoms with Crippen molar-refractivity contribution < 1.29 is 14.6 Å². The number of fused-ring (bicyclic) bond motifs is 1. The van der Waals surface area contributed by atoms with Crippen LogP contribution in [-0.2, 0) is 11.2 Å². The van der Waals surface area contributed by atoms with Crippen molar-refractivity contribution in [3.63, 3.8) is 0 Å². The number of hydrogen-bond donors (Lipinski definition) is 3. The molecule has 6 heteroatoms. The summed E-state index contributed by atoms with van der Waals surface area (Å²) in [6, 6.07) is 19.8. The van der Waals surface area contributed by atoms with Gasteiger partial charge in [-0.15, -0.1) is 0 Å². The number of carbonyl (C=O) groups is 1. The summed E-state index contributed by atoms with van der Waals surface area (Å²) in [4.78, 5) is 15.7. The molecular formula is C29H33N3O3. The maximum Gasteiger partial charge on any atom is 0.242 e. The van der Waals surface area contributed by atoms with Crippen LogP contribution < -0.4 is 15.6 Å². The average molecular weight is 472 g/mol. The number of aryl methyl sites for hydroxylation is 3. The molecule has 4 atom stereocenters. The van der Waals surface area contributed by atoms with Crippen LogP contribution in [0.3, 0.4) is 0 Å². The Morgan fingerprint density at radius 1 is 0.914 bits per heavy atom. The van der Waals surface area contributed by atoms with Crippen LogP contribution in [0.4, 0.5) is 0 Å². The Kier molecular flexibility index (Phi) is 6.26. The van der Waals surface area contributed by atoms with Crippen molar-refractivity contribution in [2.24, 2.45) is 5.92 Å². The predicted octanol–water partition coefficient (Wildman–Crippen LogP) is 4.29. The van der Waals surface area contributed by atoms with E-state index in [2.05, 4.69) is 54.2 Å². The molecule has 0 aromatic heterocycles. The molecule has 0 radical (unpaired) electrons. The third-order valence-corrected chi connectivity index (χ3v) is 7.44. The van der Waals surface area contributed by atoms with Gasteiger partial charge < -0.3 is 14.7 Å². The van der Waals surface area contributed by atoms with Crippen molar-refractivity contribution >= 4 is 5.91 Å². The second kappa shape index (κ2) is 9.36. The van der Waals surface area contributed by atoms with E-state index in [9.17, 15) is 9.90 Å². The number of phenolic OH excluding ortho intramolecular Hbond substituents is 1. The summed E-state index contributed by atoms with van der Waals surface area (Å²) < 4.78 is 5.28. The van der Waals surface area contributed by atoms with Crippen molar-refractivity contribution in [1.29, 1.82) is 0 Å². The minimum Gasteiger partial charge on any atom is -0.507 e. The first-order valence-electron chi connectivity index (χ1n) is 12.2. The first-order valence-corrected chi connectivity index (χ1v) is 12.2. The zero-order chi connectivity index (χ0) is 24.7. The summed E-state index contributed by atoms with van der Waals surface area (Å²) in [6.45, 7) is 6.64. The third kappa shape index (κ3) is 4.28. The number of methoxy groups -OCH3 is 1. The number of rotatable bonds is 6. The van der Waals surface area contributed by atoms with Gasteiger partial charge in [0, 0.05) is 18.0 Å². The fourth-order valence-corrected chi connectivity index (χ4v) is 5.65. The summed E-state index contributed by atoms with van der Waals surface area (Å²) in [5.41, 5.74) is 12.9. The Morgan fingerprint density at radius 3 is 2.29 bits per heavy atom. The lowest BCUT2D eigenvalue weighted by Crippen LogP contribution is -2.42. The van der Waals surface area contributed by atoms with Gasteiger partial charge in [-0.25, -0.2) is 10.9 Å². The number of likely N-dealkylation sites (tertiary alicyclic amines) is 1. The van der Waals surface area contributed by atoms with Gasteiger partial charge in [-0.05, 0) is 56.0 Å². The third-order valence-electron chi connectivity index (χ3n) is 7.44. The van der Waals surface area contributed by atoms with E-state index in [0.717, 1.165) is 40.0 Å². The number of carbonyl (C=O) groups excluding carboxylic acids is 1. The van der Waals surface area contributed by atoms with Crippen molar-refractivity contribution in [2.75, 3.05) is 13.7 Å². The molecule has 0 bridgehead atoms. The summed E-state index contributed by atoms with van der Waals surface area (Å²) in [5.74, 6) is 1.15. The number of phenols is 1. The van der Waals surface area contributed by atoms with Gasteiger partial charge in [0.1, 0.15) is 17.5 Å². The van der Waals surface area contributed by atoms with Gasteiger partial charge in [0.25, 0.3) is 0 Å². The van der Waals surface area contributed by atoms with Crippen molar-refractivity contribution in [3.05, 3.63) is 94.0 Å². The number of nitrogens with one attached hydrogen (secondary N) is 2. The maximum atomic E-state index is 13.7. The molecule has 2 fully saturated rings. The zero-order valence-electron chi connectivity index (χ0n) is 20.7. The Morgan fingerprint density at radius 2 is 1.60 bits per heavy atom. The van der Waals surface area contributed by atoms with Gasteiger partial charge in [0.15, 0.2) is 0 Å². The molecule has 2 aliphatic heterocycles. The highest BCUT2D eigenvalue weighted by molar-refractivity contribution is 5.86. The quantitative estimate of drug-likeness (QED) is 0.500. The lowest BCUT2D eigenvalue weighted by molar-refractivity contribution is -0.130. The number of benzene rings is 3. The fourth-order valence-electron chi connectivity index (χ4n) is 5.65. The van der Waals surface area contributed by atoms with Crippen molar-refractivity contribution in [3.8, 4) is 11.5 Å². The highest BCUT2D eigenvalue weighted by atomic mass is 16.5. The van der Waals surface area contributed by atoms with Crippen LogP contribution in [0, 0.1) is 26.7 Å². The molecular weight excluding hydrogens is 438 g/mol. The highest BCUT2D eigenvalue weighted by Crippen LogP contribution is 2.49. The molecule has 0 saturated carbocycles. The highest BCUT2D eigenvalue weighted by Gasteiger charge is 2.55. The van der Waals surface area contributed by atoms with Crippen LogP contribution in [-0.4, -0.2) is 35.6 Å². The Bertz CT molecular complexity index is 1220. The molecule has 5 rings (SSSR count). The monoisotopic (exact) mass is 471 g/mol. The topological polar surface area (TPSA) is 73.8 Å². The Balaban J connectivity index is 1.50. The number of hydrogen-bond acceptors (Lipinski definition) is 5. The van der Waals surface area contributed by atoms with E-state index in [-0.39, 0.29) is 30.0 Å². The minimum atomic E-state index is -0.359. The van der Waals surface area contributed by atoms with E-state index in [1.54, 1.807) is 7.11 Å². The van der Waals surface area contributed by atoms with Crippen LogP contribution >= 0.6 is 0 Å². The Labute approximate surface area is 206 Å². The van der Waals surface area contributed by atoms with Crippen LogP contribution in [0.25, 0.3) is 0 Å². The molecule has 2 aliphatic rings. The van der Waals surface area contributed by atoms with Gasteiger partial charge in [-0.3, -0.25) is 4.79 Å². The summed E-state index contributed by atoms with van der Waals surface area (Å²) in [6.07, 6.45) is 0.754. The molecule has 182 valence electrons. The van der Waals surface area contributed by atoms with E-state index in [1.807, 2.05) is 43.0 Å². The first-order chi connectivity index (χ1) is 16.9. The van der Waals surface area contributed by atoms with Gasteiger partial charge in [0.2, 0.25) is 5.91 Å². The van der Waals surface area contributed by atoms with Crippen LogP contribution in [0.1, 0.15) is 45.5 Å². The van der Waals surface area contributed by atoms with Gasteiger partial charge in [-0.1, -0.05) is 59.7 Å². The summed E-state index contributed by atoms with van der Waals surface area (Å²) in [7, 11) is 1.66. The molecule has 35 heavy (non-hydrogen) atoms. The first kappa shape index (κ1) is 23.4. The fraction of sp³-hybridized carbons (Fsp3) is 0.345. The molecule has 3 N–H and O–H groups in total. The van der Waals surface area contributed by atoms with E-state index in [1.165, 1.54) is 5.56 Å². The number of nitrogens with zero attached hydrogens (tertiary/aromatic N) is 1. The molecule has 6 nitrogen and oxygen atoms in total. The van der Waals surface area contributed by atoms with Gasteiger partial charge >= 0.3 is 0 Å². The van der Waals surface area contributed by atoms with Crippen LogP contribution in [0.5, 0.6) is 11.5 Å². The van der Waals surface area contributed by atoms with Crippen molar-refractivity contribution in [2.45, 2.75) is 45.3 Å². The molecule has 4 unspecified atom stereocenters. The van der Waals surface area contributed by atoms with E-state index in [0.29, 0.717) is 12.3 Å². The van der Waals surface area contributed by atoms with E-state index < -0.39 is 0 Å². The molecule has 2 saturated heterocycles. The molecule has 3 aromatic carbocycles. The molecule has 0 aliphatic carbocycles. The lowest BCUT2D eigenvalue weighted by atomic mass is 9.82. The standard InChI is InChI=1S/C29H33N3O3/c1-17-5-9-21(10-6-17)27-24-25(23-16-18(2)15-19(3)28(23)33)30-31-26(24)29(34)32(27)14-13-20-7-11-22(35-4)12-8-20/h5-12,15-16,24-27,30-31,33H,13-14H2,1-4H3. The maximum absolute atomic E-state index is 13.7. The predicted molar refractivity (Wildman–Crippen MR) is 136 cm³/mol. The number of hydrazine groups is 1. The summed E-state index contributed by atoms with van der Waals surface area (Å²) in [5, 5.41) is 10.9. The minimum absolute atomic E-state index is 0.0619. The number of amides is 1. The average Bonchev–Trinajstić information content (AvgIpc) is 3.40. The van der Waals surface area contributed by atoms with Gasteiger partial charge in [-0.2, -0.15) is 0 Å². The Hall–Kier alpha value is -3.35. The molecule has 2 heterocycles. The number of aromatic hydroxyl groups is 1. The number of ether oxygens (including phenoxy) is 1. The van der Waals surface area contributed by atoms with Crippen molar-refractivity contribution in [1.82, 2.24) is 15.8 Å². The van der Waals surface area contributed by atoms with E-state index >= 15 is 0 Å². The lowest BCUT2D eigenvalue weighted by Gasteiger charge is -2.32. The summed E-state index contributed by atoms with van der Waals surface area (Å²) >= 11 is 0. The smallest absolute Gasteiger partial charge is 0.242 e. The normalized spacial score (nSPS) is 23.5. The van der Waals surface area contributed by atoms with Gasteiger partial charge in [0.05, 0.1) is 19.2 Å². The molecule has 1 amide bonds. The largest absolute Gasteiger partial charge is 0.507 e. The SMILES string of the molecule is COc1ccc(CCN2C(=O)C3NNC(c4cc(C)cc(C)c4O)C3C2c2ccc(C)cc2)cc1. The van der Waals surface area contributed by atoms with Crippen LogP contribution in [0.2, 0.25) is 0 Å². The molecule has 3 aromatic rings. The molecule has 0 spiro atoms. The van der Waals surface area contributed by atoms with Crippen LogP contribution in [0.15, 0.2) is 60.7 Å². The second-order valence-electron chi connectivity index (χ2n) is 9.83. The second-order valence-corrected chi connectivity index (χ2v) is 9.83. The van der Waals surface area contributed by atoms with E-state index in [4.69, 9.17) is 4.74 Å². The zero-order valence-corrected chi connectivity index (χ0v) is 20.7.